The maximum Gasteiger partial charge on any atom is 0.315 e. The number of nitrogens with one attached hydrogen (secondary N) is 3. The molecule has 1 unspecified atom stereocenters. The van der Waals surface area contributed by atoms with Crippen molar-refractivity contribution in [1.82, 2.24) is 10.6 Å². The van der Waals surface area contributed by atoms with Gasteiger partial charge < -0.3 is 16.0 Å². The van der Waals surface area contributed by atoms with Crippen LogP contribution in [0.25, 0.3) is 0 Å². The van der Waals surface area contributed by atoms with Gasteiger partial charge in [0.15, 0.2) is 0 Å². The van der Waals surface area contributed by atoms with Crippen molar-refractivity contribution >= 4 is 40.8 Å². The maximum absolute atomic E-state index is 13.6. The van der Waals surface area contributed by atoms with Crippen molar-refractivity contribution in [3.05, 3.63) is 62.4 Å². The van der Waals surface area contributed by atoms with Crippen LogP contribution in [0.15, 0.2) is 24.3 Å². The average molecular weight is 426 g/mol. The summed E-state index contributed by atoms with van der Waals surface area (Å²) >= 11 is 11.7. The predicted molar refractivity (Wildman–Crippen MR) is 111 cm³/mol. The van der Waals surface area contributed by atoms with Gasteiger partial charge in [0.25, 0.3) is 0 Å². The molecule has 0 heterocycles. The van der Waals surface area contributed by atoms with Gasteiger partial charge in [0.1, 0.15) is 5.82 Å². The molecule has 1 atom stereocenters. The monoisotopic (exact) mass is 425 g/mol. The molecule has 2 aromatic rings. The van der Waals surface area contributed by atoms with Crippen molar-refractivity contribution in [3.8, 4) is 0 Å². The molecule has 0 aliphatic rings. The molecular formula is C20H22Cl2FN3O2. The highest BCUT2D eigenvalue weighted by Gasteiger charge is 2.16. The number of rotatable bonds is 5. The van der Waals surface area contributed by atoms with Gasteiger partial charge in [-0.1, -0.05) is 40.9 Å². The van der Waals surface area contributed by atoms with E-state index in [1.807, 2.05) is 32.9 Å². The molecular weight excluding hydrogens is 404 g/mol. The summed E-state index contributed by atoms with van der Waals surface area (Å²) < 4.78 is 13.6. The summed E-state index contributed by atoms with van der Waals surface area (Å²) in [5, 5.41) is 8.03. The Morgan fingerprint density at radius 3 is 2.25 bits per heavy atom. The third-order valence-corrected chi connectivity index (χ3v) is 4.82. The van der Waals surface area contributed by atoms with Gasteiger partial charge in [0.05, 0.1) is 17.6 Å². The number of urea groups is 1. The third-order valence-electron chi connectivity index (χ3n) is 4.20. The van der Waals surface area contributed by atoms with Crippen LogP contribution in [0.5, 0.6) is 0 Å². The van der Waals surface area contributed by atoms with E-state index in [9.17, 15) is 14.0 Å². The number of aryl methyl sites for hydroxylation is 3. The van der Waals surface area contributed by atoms with Gasteiger partial charge in [0.2, 0.25) is 5.91 Å². The van der Waals surface area contributed by atoms with E-state index in [-0.39, 0.29) is 22.5 Å². The molecule has 0 aromatic heterocycles. The number of amides is 3. The molecule has 0 saturated heterocycles. The Morgan fingerprint density at radius 2 is 1.64 bits per heavy atom. The Balaban J connectivity index is 1.92. The lowest BCUT2D eigenvalue weighted by Crippen LogP contribution is -2.41. The van der Waals surface area contributed by atoms with E-state index < -0.39 is 17.9 Å². The first kappa shape index (κ1) is 22.0. The third kappa shape index (κ3) is 5.59. The summed E-state index contributed by atoms with van der Waals surface area (Å²) in [6, 6.07) is 5.24. The zero-order valence-corrected chi connectivity index (χ0v) is 17.6. The Morgan fingerprint density at radius 1 is 1.04 bits per heavy atom. The first-order valence-corrected chi connectivity index (χ1v) is 9.40. The number of anilines is 1. The molecule has 5 nitrogen and oxygen atoms in total. The van der Waals surface area contributed by atoms with Gasteiger partial charge in [0, 0.05) is 10.7 Å². The van der Waals surface area contributed by atoms with E-state index in [2.05, 4.69) is 16.0 Å². The average Bonchev–Trinajstić information content (AvgIpc) is 2.59. The number of hydrogen-bond acceptors (Lipinski definition) is 2. The van der Waals surface area contributed by atoms with Crippen LogP contribution < -0.4 is 16.0 Å². The molecule has 0 saturated carbocycles. The van der Waals surface area contributed by atoms with Gasteiger partial charge in [-0.3, -0.25) is 4.79 Å². The predicted octanol–water partition coefficient (Wildman–Crippen LogP) is 5.06. The minimum atomic E-state index is -0.627. The van der Waals surface area contributed by atoms with Crippen molar-refractivity contribution in [2.45, 2.75) is 33.7 Å². The molecule has 0 spiro atoms. The number of benzene rings is 2. The number of carbonyl (C=O) groups is 2. The van der Waals surface area contributed by atoms with E-state index >= 15 is 0 Å². The fourth-order valence-corrected chi connectivity index (χ4v) is 3.46. The fraction of sp³-hybridized carbons (Fsp3) is 0.300. The summed E-state index contributed by atoms with van der Waals surface area (Å²) in [6.07, 6.45) is 0. The minimum absolute atomic E-state index is 0.0937. The lowest BCUT2D eigenvalue weighted by Gasteiger charge is -2.17. The molecule has 0 fully saturated rings. The van der Waals surface area contributed by atoms with Crippen LogP contribution in [0, 0.1) is 26.6 Å². The highest BCUT2D eigenvalue weighted by atomic mass is 35.5. The van der Waals surface area contributed by atoms with Crippen LogP contribution in [-0.2, 0) is 4.79 Å². The minimum Gasteiger partial charge on any atom is -0.332 e. The smallest absolute Gasteiger partial charge is 0.315 e. The molecule has 0 radical (unpaired) electrons. The molecule has 150 valence electrons. The van der Waals surface area contributed by atoms with Gasteiger partial charge in [-0.05, 0) is 56.5 Å². The zero-order valence-electron chi connectivity index (χ0n) is 16.0. The summed E-state index contributed by atoms with van der Waals surface area (Å²) in [5.41, 5.74) is 4.12. The van der Waals surface area contributed by atoms with Gasteiger partial charge in [-0.15, -0.1) is 0 Å². The van der Waals surface area contributed by atoms with Gasteiger partial charge in [-0.25, -0.2) is 9.18 Å². The highest BCUT2D eigenvalue weighted by molar-refractivity contribution is 6.35. The number of carbonyl (C=O) groups excluding carboxylic acids is 2. The van der Waals surface area contributed by atoms with E-state index in [4.69, 9.17) is 23.2 Å². The van der Waals surface area contributed by atoms with Crippen molar-refractivity contribution in [3.63, 3.8) is 0 Å². The molecule has 2 rings (SSSR count). The highest BCUT2D eigenvalue weighted by Crippen LogP contribution is 2.28. The summed E-state index contributed by atoms with van der Waals surface area (Å²) in [5.74, 6) is -0.980. The lowest BCUT2D eigenvalue weighted by molar-refractivity contribution is -0.115. The van der Waals surface area contributed by atoms with Crippen molar-refractivity contribution in [1.29, 1.82) is 0 Å². The van der Waals surface area contributed by atoms with E-state index in [0.717, 1.165) is 22.4 Å². The van der Waals surface area contributed by atoms with Crippen LogP contribution in [0.2, 0.25) is 10.0 Å². The second kappa shape index (κ2) is 9.26. The second-order valence-electron chi connectivity index (χ2n) is 6.66. The maximum atomic E-state index is 13.6. The zero-order chi connectivity index (χ0) is 21.0. The molecule has 0 aliphatic carbocycles. The second-order valence-corrected chi connectivity index (χ2v) is 7.47. The first-order valence-electron chi connectivity index (χ1n) is 8.65. The van der Waals surface area contributed by atoms with Crippen LogP contribution in [0.4, 0.5) is 14.9 Å². The first-order chi connectivity index (χ1) is 13.1. The van der Waals surface area contributed by atoms with Crippen LogP contribution in [0.3, 0.4) is 0 Å². The summed E-state index contributed by atoms with van der Waals surface area (Å²) in [4.78, 5) is 24.2. The Kier molecular flexibility index (Phi) is 7.27. The van der Waals surface area contributed by atoms with Gasteiger partial charge in [-0.2, -0.15) is 0 Å². The van der Waals surface area contributed by atoms with E-state index in [1.165, 1.54) is 12.1 Å². The molecule has 0 aliphatic heterocycles. The molecule has 3 N–H and O–H groups in total. The van der Waals surface area contributed by atoms with Crippen LogP contribution in [-0.4, -0.2) is 18.5 Å². The van der Waals surface area contributed by atoms with Crippen LogP contribution >= 0.6 is 23.2 Å². The van der Waals surface area contributed by atoms with Crippen molar-refractivity contribution in [2.75, 3.05) is 11.9 Å². The fourth-order valence-electron chi connectivity index (χ4n) is 2.92. The standard InChI is InChI=1S/C20H22Cl2FN3O2/c1-10-5-11(2)19(12(3)6-10)26-18(27)9-24-20(28)25-13(4)14-7-17(23)16(22)8-15(14)21/h5-8,13H,9H2,1-4H3,(H,26,27)(H2,24,25,28). The van der Waals surface area contributed by atoms with E-state index in [0.29, 0.717) is 5.56 Å². The van der Waals surface area contributed by atoms with Crippen molar-refractivity contribution < 1.29 is 14.0 Å². The molecule has 8 heteroatoms. The van der Waals surface area contributed by atoms with Crippen molar-refractivity contribution in [2.24, 2.45) is 0 Å². The molecule has 2 aromatic carbocycles. The number of hydrogen-bond donors (Lipinski definition) is 3. The summed E-state index contributed by atoms with van der Waals surface area (Å²) in [6.45, 7) is 7.23. The molecule has 28 heavy (non-hydrogen) atoms. The van der Waals surface area contributed by atoms with E-state index in [1.54, 1.807) is 6.92 Å². The topological polar surface area (TPSA) is 70.2 Å². The Bertz CT molecular complexity index is 896. The normalized spacial score (nSPS) is 11.7. The lowest BCUT2D eigenvalue weighted by atomic mass is 10.1. The van der Waals surface area contributed by atoms with Crippen LogP contribution in [0.1, 0.15) is 35.2 Å². The Labute approximate surface area is 173 Å². The Hall–Kier alpha value is -2.31. The SMILES string of the molecule is Cc1cc(C)c(NC(=O)CNC(=O)NC(C)c2cc(F)c(Cl)cc2Cl)c(C)c1. The quantitative estimate of drug-likeness (QED) is 0.586. The molecule has 3 amide bonds. The largest absolute Gasteiger partial charge is 0.332 e. The van der Waals surface area contributed by atoms with Gasteiger partial charge >= 0.3 is 6.03 Å². The summed E-state index contributed by atoms with van der Waals surface area (Å²) in [7, 11) is 0. The number of halogens is 3. The molecule has 0 bridgehead atoms.